The van der Waals surface area contributed by atoms with E-state index in [-0.39, 0.29) is 6.04 Å². The Labute approximate surface area is 119 Å². The number of aromatic nitrogens is 2. The normalized spacial score (nSPS) is 18.8. The van der Waals surface area contributed by atoms with Crippen molar-refractivity contribution in [2.24, 2.45) is 0 Å². The molecule has 0 radical (unpaired) electrons. The number of halogens is 2. The summed E-state index contributed by atoms with van der Waals surface area (Å²) < 4.78 is 0. The first-order valence-corrected chi connectivity index (χ1v) is 7.32. The van der Waals surface area contributed by atoms with E-state index in [4.69, 9.17) is 23.2 Å². The zero-order chi connectivity index (χ0) is 12.7. The molecule has 6 heteroatoms. The number of thiophene rings is 1. The highest BCUT2D eigenvalue weighted by molar-refractivity contribution is 7.10. The van der Waals surface area contributed by atoms with Gasteiger partial charge in [-0.1, -0.05) is 23.2 Å². The van der Waals surface area contributed by atoms with Gasteiger partial charge in [0, 0.05) is 17.5 Å². The van der Waals surface area contributed by atoms with E-state index in [9.17, 15) is 0 Å². The molecule has 18 heavy (non-hydrogen) atoms. The summed E-state index contributed by atoms with van der Waals surface area (Å²) in [6.07, 6.45) is 1.04. The second kappa shape index (κ2) is 4.68. The van der Waals surface area contributed by atoms with Gasteiger partial charge in [-0.25, -0.2) is 0 Å². The van der Waals surface area contributed by atoms with E-state index in [2.05, 4.69) is 33.5 Å². The number of rotatable bonds is 1. The predicted molar refractivity (Wildman–Crippen MR) is 75.8 cm³/mol. The molecule has 1 unspecified atom stereocenters. The summed E-state index contributed by atoms with van der Waals surface area (Å²) in [4.78, 5) is 3.70. The second-order valence-electron chi connectivity index (χ2n) is 4.26. The molecule has 3 rings (SSSR count). The predicted octanol–water partition coefficient (Wildman–Crippen LogP) is 3.97. The first-order chi connectivity index (χ1) is 8.66. The van der Waals surface area contributed by atoms with Crippen molar-refractivity contribution in [2.45, 2.75) is 19.4 Å². The van der Waals surface area contributed by atoms with Gasteiger partial charge in [-0.05, 0) is 30.4 Å². The molecule has 1 atom stereocenters. The van der Waals surface area contributed by atoms with Gasteiger partial charge in [0.15, 0.2) is 10.3 Å². The van der Waals surface area contributed by atoms with E-state index in [1.54, 1.807) is 6.07 Å². The van der Waals surface area contributed by atoms with Crippen LogP contribution in [0.3, 0.4) is 0 Å². The summed E-state index contributed by atoms with van der Waals surface area (Å²) in [6, 6.07) is 4.25. The molecule has 1 aliphatic rings. The Hall–Kier alpha value is -0.840. The van der Waals surface area contributed by atoms with Crippen molar-refractivity contribution in [1.82, 2.24) is 10.2 Å². The molecule has 0 aromatic carbocycles. The fourth-order valence-electron chi connectivity index (χ4n) is 2.38. The highest BCUT2D eigenvalue weighted by Crippen LogP contribution is 2.38. The van der Waals surface area contributed by atoms with Crippen LogP contribution in [0.5, 0.6) is 0 Å². The van der Waals surface area contributed by atoms with Gasteiger partial charge in [-0.3, -0.25) is 0 Å². The lowest BCUT2D eigenvalue weighted by atomic mass is 10.0. The zero-order valence-corrected chi connectivity index (χ0v) is 12.1. The molecule has 1 aliphatic heterocycles. The Bertz CT molecular complexity index is 584. The van der Waals surface area contributed by atoms with E-state index in [0.717, 1.165) is 18.7 Å². The van der Waals surface area contributed by atoms with Crippen LogP contribution in [0.15, 0.2) is 17.5 Å². The number of nitrogens with zero attached hydrogens (tertiary/aromatic N) is 3. The van der Waals surface area contributed by atoms with Crippen molar-refractivity contribution in [1.29, 1.82) is 0 Å². The molecule has 2 aromatic heterocycles. The molecule has 0 N–H and O–H groups in total. The minimum Gasteiger partial charge on any atom is -0.362 e. The average Bonchev–Trinajstić information content (AvgIpc) is 2.82. The molecule has 0 aliphatic carbocycles. The van der Waals surface area contributed by atoms with Gasteiger partial charge < -0.3 is 4.90 Å². The zero-order valence-electron chi connectivity index (χ0n) is 9.73. The van der Waals surface area contributed by atoms with Crippen LogP contribution in [0.1, 0.15) is 23.4 Å². The van der Waals surface area contributed by atoms with E-state index < -0.39 is 0 Å². The Morgan fingerprint density at radius 2 is 2.22 bits per heavy atom. The molecule has 3 heterocycles. The minimum absolute atomic E-state index is 0.290. The maximum absolute atomic E-state index is 6.12. The first kappa shape index (κ1) is 12.2. The topological polar surface area (TPSA) is 29.0 Å². The quantitative estimate of drug-likeness (QED) is 0.798. The van der Waals surface area contributed by atoms with E-state index in [1.165, 1.54) is 10.4 Å². The third-order valence-corrected chi connectivity index (χ3v) is 4.74. The first-order valence-electron chi connectivity index (χ1n) is 5.68. The molecule has 0 amide bonds. The Morgan fingerprint density at radius 3 is 3.06 bits per heavy atom. The van der Waals surface area contributed by atoms with Crippen molar-refractivity contribution >= 4 is 40.2 Å². The average molecular weight is 300 g/mol. The lowest BCUT2D eigenvalue weighted by Crippen LogP contribution is -2.33. The second-order valence-corrected chi connectivity index (χ2v) is 6.01. The number of fused-ring (bicyclic) bond motifs is 1. The van der Waals surface area contributed by atoms with Gasteiger partial charge in [-0.15, -0.1) is 21.5 Å². The summed E-state index contributed by atoms with van der Waals surface area (Å²) in [5, 5.41) is 10.6. The highest BCUT2D eigenvalue weighted by Gasteiger charge is 2.26. The fourth-order valence-corrected chi connectivity index (χ4v) is 3.69. The van der Waals surface area contributed by atoms with Gasteiger partial charge in [0.25, 0.3) is 0 Å². The summed E-state index contributed by atoms with van der Waals surface area (Å²) in [5.41, 5.74) is 2.23. The third kappa shape index (κ3) is 1.98. The molecule has 2 aromatic rings. The van der Waals surface area contributed by atoms with Crippen LogP contribution in [-0.2, 0) is 6.42 Å². The standard InChI is InChI=1S/C12H11Cl2N3S/c1-7-8-3-5-18-10(8)2-4-17(7)9-6-11(13)15-16-12(9)14/h3,5-7H,2,4H2,1H3. The van der Waals surface area contributed by atoms with Gasteiger partial charge >= 0.3 is 0 Å². The fraction of sp³-hybridized carbons (Fsp3) is 0.333. The van der Waals surface area contributed by atoms with Gasteiger partial charge in [0.1, 0.15) is 0 Å². The van der Waals surface area contributed by atoms with E-state index in [0.29, 0.717) is 10.3 Å². The molecule has 0 saturated carbocycles. The van der Waals surface area contributed by atoms with Crippen molar-refractivity contribution in [2.75, 3.05) is 11.4 Å². The van der Waals surface area contributed by atoms with E-state index >= 15 is 0 Å². The van der Waals surface area contributed by atoms with Crippen molar-refractivity contribution in [3.05, 3.63) is 38.3 Å². The summed E-state index contributed by atoms with van der Waals surface area (Å²) in [7, 11) is 0. The van der Waals surface area contributed by atoms with Crippen molar-refractivity contribution in [3.8, 4) is 0 Å². The van der Waals surface area contributed by atoms with Crippen LogP contribution < -0.4 is 4.90 Å². The Kier molecular flexibility index (Phi) is 3.18. The lowest BCUT2D eigenvalue weighted by molar-refractivity contribution is 0.631. The molecule has 0 fully saturated rings. The van der Waals surface area contributed by atoms with Gasteiger partial charge in [0.2, 0.25) is 0 Å². The lowest BCUT2D eigenvalue weighted by Gasteiger charge is -2.35. The van der Waals surface area contributed by atoms with E-state index in [1.807, 2.05) is 11.3 Å². The Balaban J connectivity index is 2.01. The molecule has 0 saturated heterocycles. The largest absolute Gasteiger partial charge is 0.362 e. The van der Waals surface area contributed by atoms with Crippen LogP contribution in [0, 0.1) is 0 Å². The summed E-state index contributed by atoms with van der Waals surface area (Å²) in [5.74, 6) is 0. The van der Waals surface area contributed by atoms with Gasteiger partial charge in [0.05, 0.1) is 11.7 Å². The van der Waals surface area contributed by atoms with Crippen LogP contribution in [0.4, 0.5) is 5.69 Å². The molecule has 94 valence electrons. The van der Waals surface area contributed by atoms with Crippen LogP contribution in [-0.4, -0.2) is 16.7 Å². The minimum atomic E-state index is 0.290. The van der Waals surface area contributed by atoms with Crippen molar-refractivity contribution in [3.63, 3.8) is 0 Å². The monoisotopic (exact) mass is 299 g/mol. The smallest absolute Gasteiger partial charge is 0.175 e. The number of hydrogen-bond acceptors (Lipinski definition) is 4. The molecule has 0 bridgehead atoms. The molecule has 3 nitrogen and oxygen atoms in total. The van der Waals surface area contributed by atoms with Crippen LogP contribution in [0.2, 0.25) is 10.3 Å². The van der Waals surface area contributed by atoms with Crippen LogP contribution in [0.25, 0.3) is 0 Å². The number of hydrogen-bond donors (Lipinski definition) is 0. The number of anilines is 1. The molecule has 0 spiro atoms. The van der Waals surface area contributed by atoms with Crippen LogP contribution >= 0.6 is 34.5 Å². The summed E-state index contributed by atoms with van der Waals surface area (Å²) in [6.45, 7) is 3.10. The van der Waals surface area contributed by atoms with Gasteiger partial charge in [-0.2, -0.15) is 0 Å². The third-order valence-electron chi connectivity index (χ3n) is 3.29. The molecular formula is C12H11Cl2N3S. The highest BCUT2D eigenvalue weighted by atomic mass is 35.5. The Morgan fingerprint density at radius 1 is 1.39 bits per heavy atom. The maximum Gasteiger partial charge on any atom is 0.175 e. The SMILES string of the molecule is CC1c2ccsc2CCN1c1cc(Cl)nnc1Cl. The van der Waals surface area contributed by atoms with Crippen molar-refractivity contribution < 1.29 is 0 Å². The summed E-state index contributed by atoms with van der Waals surface area (Å²) >= 11 is 13.9. The molecular weight excluding hydrogens is 289 g/mol. The maximum atomic E-state index is 6.12.